The summed E-state index contributed by atoms with van der Waals surface area (Å²) in [6, 6.07) is 0. The van der Waals surface area contributed by atoms with Gasteiger partial charge in [-0.05, 0) is 25.7 Å². The summed E-state index contributed by atoms with van der Waals surface area (Å²) in [5.41, 5.74) is 1.10. The summed E-state index contributed by atoms with van der Waals surface area (Å²) >= 11 is 0. The van der Waals surface area contributed by atoms with E-state index in [2.05, 4.69) is 20.6 Å². The molecule has 0 aliphatic heterocycles. The van der Waals surface area contributed by atoms with Gasteiger partial charge in [0.05, 0.1) is 0 Å². The van der Waals surface area contributed by atoms with E-state index >= 15 is 0 Å². The lowest BCUT2D eigenvalue weighted by Gasteiger charge is -2.08. The molecule has 1 aromatic heterocycles. The molecule has 1 fully saturated rings. The Hall–Kier alpha value is -1.32. The fourth-order valence-electron chi connectivity index (χ4n) is 1.30. The van der Waals surface area contributed by atoms with E-state index in [9.17, 15) is 0 Å². The quantitative estimate of drug-likeness (QED) is 0.761. The molecule has 1 aromatic rings. The highest BCUT2D eigenvalue weighted by atomic mass is 15.1. The van der Waals surface area contributed by atoms with Crippen molar-refractivity contribution in [3.05, 3.63) is 11.8 Å². The minimum Gasteiger partial charge on any atom is -0.369 e. The number of aromatic nitrogens is 2. The van der Waals surface area contributed by atoms with E-state index in [0.29, 0.717) is 5.95 Å². The maximum atomic E-state index is 4.36. The lowest BCUT2D eigenvalue weighted by molar-refractivity contribution is 0.879. The Morgan fingerprint density at radius 1 is 1.50 bits per heavy atom. The fourth-order valence-corrected chi connectivity index (χ4v) is 1.30. The third kappa shape index (κ3) is 2.13. The van der Waals surface area contributed by atoms with Crippen LogP contribution in [0.4, 0.5) is 11.8 Å². The summed E-state index contributed by atoms with van der Waals surface area (Å²) in [5, 5.41) is 6.29. The van der Waals surface area contributed by atoms with E-state index in [1.807, 2.05) is 20.2 Å². The van der Waals surface area contributed by atoms with Crippen LogP contribution in [0.2, 0.25) is 0 Å². The van der Waals surface area contributed by atoms with Crippen molar-refractivity contribution in [1.82, 2.24) is 9.97 Å². The molecule has 0 saturated heterocycles. The maximum Gasteiger partial charge on any atom is 0.224 e. The van der Waals surface area contributed by atoms with Crippen molar-refractivity contribution in [2.24, 2.45) is 5.92 Å². The molecule has 1 aliphatic carbocycles. The van der Waals surface area contributed by atoms with Crippen LogP contribution in [0.1, 0.15) is 18.4 Å². The zero-order valence-corrected chi connectivity index (χ0v) is 8.67. The van der Waals surface area contributed by atoms with Gasteiger partial charge < -0.3 is 10.6 Å². The van der Waals surface area contributed by atoms with E-state index in [4.69, 9.17) is 0 Å². The van der Waals surface area contributed by atoms with Gasteiger partial charge in [0.1, 0.15) is 5.82 Å². The molecule has 0 unspecified atom stereocenters. The molecule has 2 rings (SSSR count). The first-order valence-electron chi connectivity index (χ1n) is 5.05. The summed E-state index contributed by atoms with van der Waals surface area (Å²) < 4.78 is 0. The molecule has 0 radical (unpaired) electrons. The van der Waals surface area contributed by atoms with E-state index < -0.39 is 0 Å². The number of rotatable bonds is 4. The molecular weight excluding hydrogens is 176 g/mol. The number of hydrogen-bond acceptors (Lipinski definition) is 4. The van der Waals surface area contributed by atoms with Gasteiger partial charge in [-0.1, -0.05) is 0 Å². The van der Waals surface area contributed by atoms with Crippen LogP contribution < -0.4 is 10.6 Å². The van der Waals surface area contributed by atoms with Crippen molar-refractivity contribution in [3.63, 3.8) is 0 Å². The highest BCUT2D eigenvalue weighted by molar-refractivity contribution is 5.46. The van der Waals surface area contributed by atoms with Crippen molar-refractivity contribution in [3.8, 4) is 0 Å². The van der Waals surface area contributed by atoms with E-state index in [1.54, 1.807) is 0 Å². The first-order valence-corrected chi connectivity index (χ1v) is 5.05. The second-order valence-electron chi connectivity index (χ2n) is 3.80. The highest BCUT2D eigenvalue weighted by Crippen LogP contribution is 2.29. The standard InChI is InChI=1S/C10H16N4/c1-7-5-13-10(11-2)14-9(7)12-6-8-3-4-8/h5,8H,3-4,6H2,1-2H3,(H2,11,12,13,14). The smallest absolute Gasteiger partial charge is 0.224 e. The van der Waals surface area contributed by atoms with E-state index in [0.717, 1.165) is 23.8 Å². The highest BCUT2D eigenvalue weighted by Gasteiger charge is 2.21. The average molecular weight is 192 g/mol. The van der Waals surface area contributed by atoms with Crippen molar-refractivity contribution >= 4 is 11.8 Å². The van der Waals surface area contributed by atoms with Gasteiger partial charge >= 0.3 is 0 Å². The lowest BCUT2D eigenvalue weighted by Crippen LogP contribution is -2.08. The van der Waals surface area contributed by atoms with Gasteiger partial charge in [0.2, 0.25) is 5.95 Å². The van der Waals surface area contributed by atoms with Crippen molar-refractivity contribution < 1.29 is 0 Å². The Morgan fingerprint density at radius 2 is 2.29 bits per heavy atom. The predicted octanol–water partition coefficient (Wildman–Crippen LogP) is 1.65. The monoisotopic (exact) mass is 192 g/mol. The molecule has 76 valence electrons. The number of nitrogens with zero attached hydrogens (tertiary/aromatic N) is 2. The summed E-state index contributed by atoms with van der Waals surface area (Å²) in [4.78, 5) is 8.50. The second-order valence-corrected chi connectivity index (χ2v) is 3.80. The number of nitrogens with one attached hydrogen (secondary N) is 2. The minimum absolute atomic E-state index is 0.675. The average Bonchev–Trinajstić information content (AvgIpc) is 3.00. The fraction of sp³-hybridized carbons (Fsp3) is 0.600. The van der Waals surface area contributed by atoms with Gasteiger partial charge in [0, 0.05) is 25.4 Å². The number of hydrogen-bond donors (Lipinski definition) is 2. The van der Waals surface area contributed by atoms with Crippen molar-refractivity contribution in [2.75, 3.05) is 24.2 Å². The topological polar surface area (TPSA) is 49.8 Å². The molecule has 0 bridgehead atoms. The van der Waals surface area contributed by atoms with Crippen LogP contribution in [0.5, 0.6) is 0 Å². The second kappa shape index (κ2) is 3.82. The molecule has 4 nitrogen and oxygen atoms in total. The molecule has 0 aromatic carbocycles. The van der Waals surface area contributed by atoms with Crippen molar-refractivity contribution in [1.29, 1.82) is 0 Å². The van der Waals surface area contributed by atoms with E-state index in [-0.39, 0.29) is 0 Å². The predicted molar refractivity (Wildman–Crippen MR) is 57.5 cm³/mol. The zero-order valence-electron chi connectivity index (χ0n) is 8.67. The molecule has 1 heterocycles. The molecule has 4 heteroatoms. The molecule has 1 saturated carbocycles. The van der Waals surface area contributed by atoms with Crippen LogP contribution in [0, 0.1) is 12.8 Å². The van der Waals surface area contributed by atoms with Gasteiger partial charge in [-0.15, -0.1) is 0 Å². The van der Waals surface area contributed by atoms with Crippen molar-refractivity contribution in [2.45, 2.75) is 19.8 Å². The molecule has 1 aliphatic rings. The summed E-state index contributed by atoms with van der Waals surface area (Å²) in [5.74, 6) is 2.49. The SMILES string of the molecule is CNc1ncc(C)c(NCC2CC2)n1. The Kier molecular flexibility index (Phi) is 2.52. The molecule has 0 spiro atoms. The lowest BCUT2D eigenvalue weighted by atomic mass is 10.3. The summed E-state index contributed by atoms with van der Waals surface area (Å²) in [6.45, 7) is 3.07. The van der Waals surface area contributed by atoms with Gasteiger partial charge in [-0.25, -0.2) is 4.98 Å². The van der Waals surface area contributed by atoms with Crippen LogP contribution in [-0.2, 0) is 0 Å². The number of anilines is 2. The van der Waals surface area contributed by atoms with E-state index in [1.165, 1.54) is 12.8 Å². The Morgan fingerprint density at radius 3 is 2.93 bits per heavy atom. The van der Waals surface area contributed by atoms with Gasteiger partial charge in [0.15, 0.2) is 0 Å². The third-order valence-electron chi connectivity index (χ3n) is 2.45. The third-order valence-corrected chi connectivity index (χ3v) is 2.45. The van der Waals surface area contributed by atoms with Gasteiger partial charge in [-0.2, -0.15) is 4.98 Å². The first kappa shape index (κ1) is 9.24. The molecular formula is C10H16N4. The Balaban J connectivity index is 2.04. The number of aryl methyl sites for hydroxylation is 1. The molecule has 14 heavy (non-hydrogen) atoms. The summed E-state index contributed by atoms with van der Waals surface area (Å²) in [7, 11) is 1.83. The zero-order chi connectivity index (χ0) is 9.97. The Labute approximate surface area is 84.2 Å². The maximum absolute atomic E-state index is 4.36. The van der Waals surface area contributed by atoms with Crippen LogP contribution in [-0.4, -0.2) is 23.6 Å². The largest absolute Gasteiger partial charge is 0.369 e. The molecule has 2 N–H and O–H groups in total. The van der Waals surface area contributed by atoms with Crippen LogP contribution >= 0.6 is 0 Å². The van der Waals surface area contributed by atoms with Gasteiger partial charge in [-0.3, -0.25) is 0 Å². The molecule has 0 amide bonds. The minimum atomic E-state index is 0.675. The summed E-state index contributed by atoms with van der Waals surface area (Å²) in [6.07, 6.45) is 4.56. The Bertz CT molecular complexity index is 320. The normalized spacial score (nSPS) is 15.3. The van der Waals surface area contributed by atoms with Crippen LogP contribution in [0.3, 0.4) is 0 Å². The molecule has 0 atom stereocenters. The van der Waals surface area contributed by atoms with Crippen LogP contribution in [0.15, 0.2) is 6.20 Å². The van der Waals surface area contributed by atoms with Gasteiger partial charge in [0.25, 0.3) is 0 Å². The van der Waals surface area contributed by atoms with Crippen LogP contribution in [0.25, 0.3) is 0 Å². The first-order chi connectivity index (χ1) is 6.79.